The van der Waals surface area contributed by atoms with Gasteiger partial charge in [-0.05, 0) is 24.8 Å². The smallest absolute Gasteiger partial charge is 0.173 e. The van der Waals surface area contributed by atoms with Crippen LogP contribution in [-0.4, -0.2) is 43.6 Å². The molecule has 5 nitrogen and oxygen atoms in total. The van der Waals surface area contributed by atoms with Gasteiger partial charge in [0, 0.05) is 30.8 Å². The summed E-state index contributed by atoms with van der Waals surface area (Å²) in [7, 11) is 1.98. The number of likely N-dealkylation sites (N-methyl/N-ethyl adjacent to an activating group) is 1. The molecular formula is C14H23N3O2S. The Bertz CT molecular complexity index is 452. The van der Waals surface area contributed by atoms with Crippen LogP contribution in [0.5, 0.6) is 0 Å². The average Bonchev–Trinajstić information content (AvgIpc) is 2.46. The van der Waals surface area contributed by atoms with Crippen molar-refractivity contribution < 1.29 is 9.94 Å². The summed E-state index contributed by atoms with van der Waals surface area (Å²) in [5.74, 6) is 1.07. The Morgan fingerprint density at radius 1 is 1.45 bits per heavy atom. The Morgan fingerprint density at radius 2 is 2.20 bits per heavy atom. The lowest BCUT2D eigenvalue weighted by atomic mass is 10.1. The lowest BCUT2D eigenvalue weighted by Gasteiger charge is -2.23. The highest BCUT2D eigenvalue weighted by Gasteiger charge is 2.15. The molecule has 0 fully saturated rings. The fourth-order valence-corrected chi connectivity index (χ4v) is 2.73. The van der Waals surface area contributed by atoms with Crippen LogP contribution in [-0.2, 0) is 4.74 Å². The molecule has 0 radical (unpaired) electrons. The Kier molecular flexibility index (Phi) is 7.25. The molecule has 1 aromatic carbocycles. The molecule has 0 aliphatic heterocycles. The summed E-state index contributed by atoms with van der Waals surface area (Å²) < 4.78 is 5.37. The number of oxime groups is 1. The third-order valence-corrected chi connectivity index (χ3v) is 3.79. The number of ether oxygens (including phenoxy) is 1. The van der Waals surface area contributed by atoms with Gasteiger partial charge < -0.3 is 20.6 Å². The predicted molar refractivity (Wildman–Crippen MR) is 85.1 cm³/mol. The standard InChI is InChI=1S/C14H23N3O2S/c1-4-19-10-9-17(3)11-7-6-8-12(20-5-2)13(11)14(15)16-18/h6-8,18H,4-5,9-10H2,1-3H3,(H2,15,16). The molecule has 0 aliphatic carbocycles. The zero-order chi connectivity index (χ0) is 15.0. The third-order valence-electron chi connectivity index (χ3n) is 2.85. The Balaban J connectivity index is 3.07. The maximum absolute atomic E-state index is 9.01. The van der Waals surface area contributed by atoms with Crippen molar-refractivity contribution in [3.05, 3.63) is 23.8 Å². The summed E-state index contributed by atoms with van der Waals surface area (Å²) in [5, 5.41) is 12.2. The number of nitrogens with two attached hydrogens (primary N) is 1. The first-order valence-electron chi connectivity index (χ1n) is 6.68. The zero-order valence-corrected chi connectivity index (χ0v) is 13.1. The molecule has 3 N–H and O–H groups in total. The third kappa shape index (κ3) is 4.31. The topological polar surface area (TPSA) is 71.1 Å². The van der Waals surface area contributed by atoms with Crippen molar-refractivity contribution in [2.24, 2.45) is 10.9 Å². The van der Waals surface area contributed by atoms with Crippen LogP contribution >= 0.6 is 11.8 Å². The van der Waals surface area contributed by atoms with Gasteiger partial charge in [0.15, 0.2) is 5.84 Å². The number of anilines is 1. The summed E-state index contributed by atoms with van der Waals surface area (Å²) in [5.41, 5.74) is 7.57. The zero-order valence-electron chi connectivity index (χ0n) is 12.3. The molecule has 0 saturated heterocycles. The Hall–Kier alpha value is -1.40. The molecule has 0 bridgehead atoms. The van der Waals surface area contributed by atoms with E-state index in [-0.39, 0.29) is 5.84 Å². The molecule has 20 heavy (non-hydrogen) atoms. The van der Waals surface area contributed by atoms with Gasteiger partial charge >= 0.3 is 0 Å². The number of hydrogen-bond acceptors (Lipinski definition) is 5. The van der Waals surface area contributed by atoms with Crippen molar-refractivity contribution in [3.63, 3.8) is 0 Å². The van der Waals surface area contributed by atoms with Crippen LogP contribution in [0.3, 0.4) is 0 Å². The normalized spacial score (nSPS) is 11.7. The first-order valence-corrected chi connectivity index (χ1v) is 7.66. The van der Waals surface area contributed by atoms with Crippen molar-refractivity contribution >= 4 is 23.3 Å². The fourth-order valence-electron chi connectivity index (χ4n) is 1.89. The van der Waals surface area contributed by atoms with Gasteiger partial charge in [0.25, 0.3) is 0 Å². The van der Waals surface area contributed by atoms with Crippen molar-refractivity contribution in [2.45, 2.75) is 18.7 Å². The monoisotopic (exact) mass is 297 g/mol. The summed E-state index contributed by atoms with van der Waals surface area (Å²) in [6.45, 7) is 6.15. The molecule has 0 heterocycles. The molecule has 0 spiro atoms. The van der Waals surface area contributed by atoms with E-state index in [9.17, 15) is 0 Å². The van der Waals surface area contributed by atoms with E-state index in [0.29, 0.717) is 13.2 Å². The number of benzene rings is 1. The van der Waals surface area contributed by atoms with Crippen molar-refractivity contribution in [1.29, 1.82) is 0 Å². The van der Waals surface area contributed by atoms with Gasteiger partial charge in [-0.3, -0.25) is 0 Å². The lowest BCUT2D eigenvalue weighted by Crippen LogP contribution is -2.26. The SMILES string of the molecule is CCOCCN(C)c1cccc(SCC)c1/C(N)=N/O. The van der Waals surface area contributed by atoms with Crippen LogP contribution in [0.1, 0.15) is 19.4 Å². The summed E-state index contributed by atoms with van der Waals surface area (Å²) in [6, 6.07) is 5.94. The second-order valence-corrected chi connectivity index (χ2v) is 5.49. The molecule has 0 saturated carbocycles. The van der Waals surface area contributed by atoms with Gasteiger partial charge in [0.2, 0.25) is 0 Å². The van der Waals surface area contributed by atoms with E-state index in [0.717, 1.165) is 28.4 Å². The highest BCUT2D eigenvalue weighted by atomic mass is 32.2. The van der Waals surface area contributed by atoms with Gasteiger partial charge in [-0.25, -0.2) is 0 Å². The van der Waals surface area contributed by atoms with E-state index in [1.807, 2.05) is 32.2 Å². The quantitative estimate of drug-likeness (QED) is 0.192. The van der Waals surface area contributed by atoms with Crippen LogP contribution in [0.15, 0.2) is 28.3 Å². The van der Waals surface area contributed by atoms with E-state index in [1.165, 1.54) is 0 Å². The molecule has 6 heteroatoms. The van der Waals surface area contributed by atoms with Crippen LogP contribution in [0, 0.1) is 0 Å². The fraction of sp³-hybridized carbons (Fsp3) is 0.500. The van der Waals surface area contributed by atoms with E-state index in [2.05, 4.69) is 17.0 Å². The number of rotatable bonds is 8. The molecule has 0 atom stereocenters. The highest BCUT2D eigenvalue weighted by Crippen LogP contribution is 2.30. The first kappa shape index (κ1) is 16.7. The van der Waals surface area contributed by atoms with Crippen molar-refractivity contribution in [3.8, 4) is 0 Å². The number of amidine groups is 1. The molecule has 1 rings (SSSR count). The predicted octanol–water partition coefficient (Wildman–Crippen LogP) is 2.37. The highest BCUT2D eigenvalue weighted by molar-refractivity contribution is 7.99. The Labute approximate surface area is 124 Å². The molecule has 0 amide bonds. The number of nitrogens with zero attached hydrogens (tertiary/aromatic N) is 2. The van der Waals surface area contributed by atoms with E-state index < -0.39 is 0 Å². The van der Waals surface area contributed by atoms with Crippen LogP contribution in [0.25, 0.3) is 0 Å². The molecule has 112 valence electrons. The molecular weight excluding hydrogens is 274 g/mol. The minimum atomic E-state index is 0.139. The van der Waals surface area contributed by atoms with Gasteiger partial charge in [-0.15, -0.1) is 11.8 Å². The summed E-state index contributed by atoms with van der Waals surface area (Å²) >= 11 is 1.68. The molecule has 0 unspecified atom stereocenters. The lowest BCUT2D eigenvalue weighted by molar-refractivity contribution is 0.154. The van der Waals surface area contributed by atoms with Crippen LogP contribution in [0.2, 0.25) is 0 Å². The van der Waals surface area contributed by atoms with Gasteiger partial charge in [-0.2, -0.15) is 0 Å². The first-order chi connectivity index (χ1) is 9.65. The minimum Gasteiger partial charge on any atom is -0.409 e. The largest absolute Gasteiger partial charge is 0.409 e. The van der Waals surface area contributed by atoms with Gasteiger partial charge in [-0.1, -0.05) is 18.1 Å². The van der Waals surface area contributed by atoms with Gasteiger partial charge in [0.1, 0.15) is 0 Å². The maximum atomic E-state index is 9.01. The summed E-state index contributed by atoms with van der Waals surface area (Å²) in [6.07, 6.45) is 0. The second-order valence-electron chi connectivity index (χ2n) is 4.19. The summed E-state index contributed by atoms with van der Waals surface area (Å²) in [4.78, 5) is 3.08. The Morgan fingerprint density at radius 3 is 2.80 bits per heavy atom. The number of hydrogen-bond donors (Lipinski definition) is 2. The van der Waals surface area contributed by atoms with Crippen LogP contribution < -0.4 is 10.6 Å². The number of thioether (sulfide) groups is 1. The van der Waals surface area contributed by atoms with Crippen molar-refractivity contribution in [2.75, 3.05) is 37.5 Å². The van der Waals surface area contributed by atoms with E-state index in [1.54, 1.807) is 11.8 Å². The van der Waals surface area contributed by atoms with Crippen molar-refractivity contribution in [1.82, 2.24) is 0 Å². The van der Waals surface area contributed by atoms with E-state index in [4.69, 9.17) is 15.7 Å². The molecule has 0 aliphatic rings. The van der Waals surface area contributed by atoms with Gasteiger partial charge in [0.05, 0.1) is 12.2 Å². The average molecular weight is 297 g/mol. The second kappa shape index (κ2) is 8.71. The maximum Gasteiger partial charge on any atom is 0.173 e. The molecule has 0 aromatic heterocycles. The van der Waals surface area contributed by atoms with E-state index >= 15 is 0 Å². The van der Waals surface area contributed by atoms with Crippen LogP contribution in [0.4, 0.5) is 5.69 Å². The minimum absolute atomic E-state index is 0.139. The molecule has 1 aromatic rings.